The maximum Gasteiger partial charge on any atom is 0.433 e. The van der Waals surface area contributed by atoms with E-state index in [9.17, 15) is 14.9 Å². The summed E-state index contributed by atoms with van der Waals surface area (Å²) in [6.07, 6.45) is 1.88. The van der Waals surface area contributed by atoms with Gasteiger partial charge in [-0.3, -0.25) is 14.9 Å². The standard InChI is InChI=1S/C13H15N3O4S/c1-7-11(8(2)17)12(14-13(21-4)15(7)3)9-5-6-10(20-9)16(18)19/h5-6,12H,1-4H3/t12-/m0/s1. The molecule has 0 bridgehead atoms. The van der Waals surface area contributed by atoms with Crippen LogP contribution in [0.25, 0.3) is 0 Å². The molecule has 0 radical (unpaired) electrons. The lowest BCUT2D eigenvalue weighted by Crippen LogP contribution is -2.30. The van der Waals surface area contributed by atoms with Gasteiger partial charge >= 0.3 is 5.88 Å². The van der Waals surface area contributed by atoms with E-state index >= 15 is 0 Å². The minimum absolute atomic E-state index is 0.132. The van der Waals surface area contributed by atoms with Crippen molar-refractivity contribution in [1.29, 1.82) is 0 Å². The van der Waals surface area contributed by atoms with E-state index in [4.69, 9.17) is 4.42 Å². The molecule has 0 amide bonds. The van der Waals surface area contributed by atoms with E-state index in [0.717, 1.165) is 10.9 Å². The van der Waals surface area contributed by atoms with Crippen molar-refractivity contribution in [2.45, 2.75) is 19.9 Å². The molecule has 0 N–H and O–H groups in total. The Balaban J connectivity index is 2.53. The van der Waals surface area contributed by atoms with Crippen molar-refractivity contribution in [2.24, 2.45) is 4.99 Å². The summed E-state index contributed by atoms with van der Waals surface area (Å²) in [7, 11) is 1.83. The molecule has 2 heterocycles. The highest BCUT2D eigenvalue weighted by Crippen LogP contribution is 2.37. The Morgan fingerprint density at radius 2 is 2.19 bits per heavy atom. The molecule has 0 fully saturated rings. The molecule has 0 aromatic carbocycles. The first kappa shape index (κ1) is 15.3. The zero-order valence-electron chi connectivity index (χ0n) is 12.1. The number of carbonyl (C=O) groups is 1. The minimum atomic E-state index is -0.644. The number of hydrogen-bond acceptors (Lipinski definition) is 7. The fourth-order valence-electron chi connectivity index (χ4n) is 2.21. The van der Waals surface area contributed by atoms with Gasteiger partial charge in [0.2, 0.25) is 0 Å². The van der Waals surface area contributed by atoms with Crippen molar-refractivity contribution in [1.82, 2.24) is 4.90 Å². The minimum Gasteiger partial charge on any atom is -0.403 e. The summed E-state index contributed by atoms with van der Waals surface area (Å²) < 4.78 is 5.22. The molecule has 0 unspecified atom stereocenters. The molecule has 0 aliphatic carbocycles. The van der Waals surface area contributed by atoms with Crippen LogP contribution in [-0.4, -0.2) is 34.1 Å². The Hall–Kier alpha value is -2.09. The smallest absolute Gasteiger partial charge is 0.403 e. The number of ketones is 1. The number of hydrogen-bond donors (Lipinski definition) is 0. The van der Waals surface area contributed by atoms with E-state index in [-0.39, 0.29) is 11.7 Å². The monoisotopic (exact) mass is 309 g/mol. The largest absolute Gasteiger partial charge is 0.433 e. The lowest BCUT2D eigenvalue weighted by Gasteiger charge is -2.30. The van der Waals surface area contributed by atoms with Crippen molar-refractivity contribution >= 4 is 28.6 Å². The Morgan fingerprint density at radius 1 is 1.52 bits per heavy atom. The number of amidine groups is 1. The van der Waals surface area contributed by atoms with E-state index in [0.29, 0.717) is 11.3 Å². The molecule has 1 aliphatic rings. The third-order valence-corrected chi connectivity index (χ3v) is 4.06. The van der Waals surface area contributed by atoms with Crippen molar-refractivity contribution in [2.75, 3.05) is 13.3 Å². The Morgan fingerprint density at radius 3 is 2.67 bits per heavy atom. The second-order valence-corrected chi connectivity index (χ2v) is 5.34. The van der Waals surface area contributed by atoms with Crippen LogP contribution in [-0.2, 0) is 4.79 Å². The highest BCUT2D eigenvalue weighted by molar-refractivity contribution is 8.13. The maximum absolute atomic E-state index is 11.9. The van der Waals surface area contributed by atoms with Crippen LogP contribution >= 0.6 is 11.8 Å². The van der Waals surface area contributed by atoms with Crippen LogP contribution in [0.2, 0.25) is 0 Å². The van der Waals surface area contributed by atoms with Crippen LogP contribution in [0.15, 0.2) is 32.8 Å². The van der Waals surface area contributed by atoms with Gasteiger partial charge in [-0.05, 0) is 26.2 Å². The molecule has 7 nitrogen and oxygen atoms in total. The molecule has 1 aromatic heterocycles. The number of allylic oxidation sites excluding steroid dienone is 1. The Kier molecular flexibility index (Phi) is 4.17. The van der Waals surface area contributed by atoms with Gasteiger partial charge in [0, 0.05) is 18.3 Å². The number of Topliss-reactive ketones (excluding diaryl/α,β-unsaturated/α-hetero) is 1. The molecule has 0 saturated heterocycles. The third kappa shape index (κ3) is 2.71. The number of aliphatic imine (C=N–C) groups is 1. The number of furan rings is 1. The summed E-state index contributed by atoms with van der Waals surface area (Å²) in [5.74, 6) is -0.191. The van der Waals surface area contributed by atoms with Crippen LogP contribution < -0.4 is 0 Å². The highest BCUT2D eigenvalue weighted by atomic mass is 32.2. The first-order chi connectivity index (χ1) is 9.86. The van der Waals surface area contributed by atoms with Gasteiger partial charge in [-0.2, -0.15) is 0 Å². The molecular weight excluding hydrogens is 294 g/mol. The molecule has 2 rings (SSSR count). The predicted molar refractivity (Wildman–Crippen MR) is 80.2 cm³/mol. The second-order valence-electron chi connectivity index (χ2n) is 4.57. The quantitative estimate of drug-likeness (QED) is 0.630. The van der Waals surface area contributed by atoms with Crippen LogP contribution in [0.3, 0.4) is 0 Å². The van der Waals surface area contributed by atoms with Crippen LogP contribution in [0.4, 0.5) is 5.88 Å². The number of nitrogens with zero attached hydrogens (tertiary/aromatic N) is 3. The SMILES string of the molecule is CSC1=N[C@@H](c2ccc([N+](=O)[O-])o2)C(C(C)=O)=C(C)N1C. The van der Waals surface area contributed by atoms with E-state index in [1.807, 2.05) is 25.1 Å². The molecule has 21 heavy (non-hydrogen) atoms. The lowest BCUT2D eigenvalue weighted by molar-refractivity contribution is -0.402. The molecule has 8 heteroatoms. The molecule has 1 atom stereocenters. The molecule has 1 aliphatic heterocycles. The molecule has 0 saturated carbocycles. The van der Waals surface area contributed by atoms with Gasteiger partial charge < -0.3 is 9.32 Å². The summed E-state index contributed by atoms with van der Waals surface area (Å²) in [6, 6.07) is 2.12. The maximum atomic E-state index is 11.9. The fourth-order valence-corrected chi connectivity index (χ4v) is 2.84. The van der Waals surface area contributed by atoms with Crippen molar-refractivity contribution < 1.29 is 14.1 Å². The number of rotatable bonds is 3. The van der Waals surface area contributed by atoms with Gasteiger partial charge in [-0.25, -0.2) is 4.99 Å². The van der Waals surface area contributed by atoms with E-state index in [2.05, 4.69) is 4.99 Å². The van der Waals surface area contributed by atoms with Gasteiger partial charge in [0.1, 0.15) is 16.7 Å². The van der Waals surface area contributed by atoms with Gasteiger partial charge in [0.05, 0.1) is 6.07 Å². The fraction of sp³-hybridized carbons (Fsp3) is 0.385. The predicted octanol–water partition coefficient (Wildman–Crippen LogP) is 2.76. The summed E-state index contributed by atoms with van der Waals surface area (Å²) in [6.45, 7) is 3.28. The molecule has 0 spiro atoms. The summed E-state index contributed by atoms with van der Waals surface area (Å²) >= 11 is 1.44. The van der Waals surface area contributed by atoms with Crippen molar-refractivity contribution in [3.05, 3.63) is 39.3 Å². The molecular formula is C13H15N3O4S. The average Bonchev–Trinajstić information content (AvgIpc) is 2.90. The first-order valence-electron chi connectivity index (χ1n) is 6.18. The Bertz CT molecular complexity index is 662. The zero-order chi connectivity index (χ0) is 15.7. The summed E-state index contributed by atoms with van der Waals surface area (Å²) in [4.78, 5) is 28.4. The second kappa shape index (κ2) is 5.72. The van der Waals surface area contributed by atoms with Crippen LogP contribution in [0.5, 0.6) is 0 Å². The normalized spacial score (nSPS) is 18.8. The summed E-state index contributed by atoms with van der Waals surface area (Å²) in [5, 5.41) is 11.5. The van der Waals surface area contributed by atoms with E-state index < -0.39 is 11.0 Å². The van der Waals surface area contributed by atoms with E-state index in [1.165, 1.54) is 30.8 Å². The van der Waals surface area contributed by atoms with Crippen molar-refractivity contribution in [3.63, 3.8) is 0 Å². The molecule has 1 aromatic rings. The third-order valence-electron chi connectivity index (χ3n) is 3.32. The topological polar surface area (TPSA) is 89.0 Å². The van der Waals surface area contributed by atoms with E-state index in [1.54, 1.807) is 0 Å². The number of carbonyl (C=O) groups excluding carboxylic acids is 1. The lowest BCUT2D eigenvalue weighted by atomic mass is 9.98. The van der Waals surface area contributed by atoms with Gasteiger partial charge in [-0.1, -0.05) is 11.8 Å². The van der Waals surface area contributed by atoms with Crippen molar-refractivity contribution in [3.8, 4) is 0 Å². The van der Waals surface area contributed by atoms with Crippen LogP contribution in [0.1, 0.15) is 25.6 Å². The van der Waals surface area contributed by atoms with Crippen LogP contribution in [0, 0.1) is 10.1 Å². The number of thioether (sulfide) groups is 1. The van der Waals surface area contributed by atoms with Gasteiger partial charge in [0.15, 0.2) is 11.0 Å². The van der Waals surface area contributed by atoms with Gasteiger partial charge in [0.25, 0.3) is 0 Å². The average molecular weight is 309 g/mol. The Labute approximate surface area is 125 Å². The first-order valence-corrected chi connectivity index (χ1v) is 7.40. The number of nitro groups is 1. The highest BCUT2D eigenvalue weighted by Gasteiger charge is 2.32. The molecule has 112 valence electrons. The zero-order valence-corrected chi connectivity index (χ0v) is 12.9. The summed E-state index contributed by atoms with van der Waals surface area (Å²) in [5.41, 5.74) is 1.26. The van der Waals surface area contributed by atoms with Gasteiger partial charge in [-0.15, -0.1) is 0 Å².